The quantitative estimate of drug-likeness (QED) is 0.863. The summed E-state index contributed by atoms with van der Waals surface area (Å²) in [6.45, 7) is 1.49. The van der Waals surface area contributed by atoms with Gasteiger partial charge in [-0.05, 0) is 31.5 Å². The van der Waals surface area contributed by atoms with Gasteiger partial charge in [-0.2, -0.15) is 0 Å². The summed E-state index contributed by atoms with van der Waals surface area (Å²) in [7, 11) is -3.06. The third kappa shape index (κ3) is 4.41. The smallest absolute Gasteiger partial charge is 0.261 e. The minimum absolute atomic E-state index is 0.0279. The lowest BCUT2D eigenvalue weighted by atomic mass is 10.2. The van der Waals surface area contributed by atoms with Gasteiger partial charge in [0.15, 0.2) is 27.5 Å². The van der Waals surface area contributed by atoms with Gasteiger partial charge in [-0.25, -0.2) is 12.8 Å². The summed E-state index contributed by atoms with van der Waals surface area (Å²) in [6.07, 6.45) is -0.517. The Morgan fingerprint density at radius 3 is 2.81 bits per heavy atom. The van der Waals surface area contributed by atoms with Crippen LogP contribution in [0.4, 0.5) is 4.39 Å². The molecular formula is C13H15BrFNO4S. The molecular weight excluding hydrogens is 365 g/mol. The van der Waals surface area contributed by atoms with Crippen LogP contribution in [0.1, 0.15) is 13.3 Å². The van der Waals surface area contributed by atoms with Crippen LogP contribution in [0, 0.1) is 5.82 Å². The molecule has 1 aliphatic heterocycles. The molecule has 0 radical (unpaired) electrons. The van der Waals surface area contributed by atoms with E-state index < -0.39 is 33.7 Å². The lowest BCUT2D eigenvalue weighted by Gasteiger charge is -2.17. The Labute approximate surface area is 130 Å². The predicted molar refractivity (Wildman–Crippen MR) is 79.4 cm³/mol. The summed E-state index contributed by atoms with van der Waals surface area (Å²) in [5, 5.41) is 2.61. The van der Waals surface area contributed by atoms with E-state index in [1.165, 1.54) is 19.1 Å². The number of rotatable bonds is 4. The monoisotopic (exact) mass is 379 g/mol. The second-order valence-electron chi connectivity index (χ2n) is 4.94. The van der Waals surface area contributed by atoms with E-state index >= 15 is 0 Å². The van der Waals surface area contributed by atoms with Crippen LogP contribution in [0.2, 0.25) is 0 Å². The lowest BCUT2D eigenvalue weighted by molar-refractivity contribution is -0.127. The highest BCUT2D eigenvalue weighted by atomic mass is 79.9. The molecule has 116 valence electrons. The number of hydrogen-bond donors (Lipinski definition) is 1. The number of benzene rings is 1. The van der Waals surface area contributed by atoms with E-state index in [0.717, 1.165) is 0 Å². The van der Waals surface area contributed by atoms with Crippen molar-refractivity contribution >= 4 is 31.7 Å². The molecule has 21 heavy (non-hydrogen) atoms. The first kappa shape index (κ1) is 16.2. The van der Waals surface area contributed by atoms with Crippen molar-refractivity contribution in [2.75, 3.05) is 11.5 Å². The van der Waals surface area contributed by atoms with Gasteiger partial charge in [-0.15, -0.1) is 0 Å². The van der Waals surface area contributed by atoms with Crippen LogP contribution in [0.3, 0.4) is 0 Å². The highest BCUT2D eigenvalue weighted by molar-refractivity contribution is 9.10. The van der Waals surface area contributed by atoms with Gasteiger partial charge in [-0.3, -0.25) is 4.79 Å². The molecule has 0 aromatic heterocycles. The van der Waals surface area contributed by atoms with Gasteiger partial charge in [0.1, 0.15) is 0 Å². The molecule has 1 saturated heterocycles. The molecule has 2 atom stereocenters. The van der Waals surface area contributed by atoms with Gasteiger partial charge in [0, 0.05) is 10.5 Å². The van der Waals surface area contributed by atoms with E-state index in [0.29, 0.717) is 10.9 Å². The molecule has 8 heteroatoms. The van der Waals surface area contributed by atoms with Gasteiger partial charge in [-0.1, -0.05) is 15.9 Å². The molecule has 0 bridgehead atoms. The Bertz CT molecular complexity index is 650. The topological polar surface area (TPSA) is 72.5 Å². The molecule has 2 rings (SSSR count). The molecule has 1 fully saturated rings. The maximum absolute atomic E-state index is 13.6. The summed E-state index contributed by atoms with van der Waals surface area (Å²) in [4.78, 5) is 11.9. The SMILES string of the molecule is C[C@@H](Oc1ccc(Br)cc1F)C(=O)N[C@H]1CCS(=O)(=O)C1. The third-order valence-corrected chi connectivity index (χ3v) is 5.41. The van der Waals surface area contributed by atoms with E-state index in [2.05, 4.69) is 21.2 Å². The van der Waals surface area contributed by atoms with Crippen LogP contribution in [-0.4, -0.2) is 38.0 Å². The number of carbonyl (C=O) groups is 1. The Balaban J connectivity index is 1.94. The summed E-state index contributed by atoms with van der Waals surface area (Å²) < 4.78 is 42.1. The fraction of sp³-hybridized carbons (Fsp3) is 0.462. The summed E-state index contributed by atoms with van der Waals surface area (Å²) in [6, 6.07) is 3.86. The fourth-order valence-electron chi connectivity index (χ4n) is 2.04. The van der Waals surface area contributed by atoms with Gasteiger partial charge in [0.2, 0.25) is 0 Å². The van der Waals surface area contributed by atoms with Gasteiger partial charge in [0.05, 0.1) is 11.5 Å². The largest absolute Gasteiger partial charge is 0.478 e. The van der Waals surface area contributed by atoms with Crippen molar-refractivity contribution in [1.82, 2.24) is 5.32 Å². The first-order valence-electron chi connectivity index (χ1n) is 6.39. The van der Waals surface area contributed by atoms with Gasteiger partial charge >= 0.3 is 0 Å². The Morgan fingerprint density at radius 1 is 1.52 bits per heavy atom. The molecule has 0 spiro atoms. The summed E-state index contributed by atoms with van der Waals surface area (Å²) >= 11 is 3.13. The van der Waals surface area contributed by atoms with Gasteiger partial charge in [0.25, 0.3) is 5.91 Å². The molecule has 5 nitrogen and oxygen atoms in total. The van der Waals surface area contributed by atoms with Crippen LogP contribution in [0.15, 0.2) is 22.7 Å². The van der Waals surface area contributed by atoms with Crippen LogP contribution < -0.4 is 10.1 Å². The van der Waals surface area contributed by atoms with E-state index in [1.54, 1.807) is 6.07 Å². The number of hydrogen-bond acceptors (Lipinski definition) is 4. The van der Waals surface area contributed by atoms with Crippen molar-refractivity contribution in [3.8, 4) is 5.75 Å². The molecule has 1 aromatic carbocycles. The number of carbonyl (C=O) groups excluding carboxylic acids is 1. The molecule has 0 aliphatic carbocycles. The molecule has 1 amide bonds. The number of amides is 1. The van der Waals surface area contributed by atoms with Crippen molar-refractivity contribution in [2.24, 2.45) is 0 Å². The zero-order valence-corrected chi connectivity index (χ0v) is 13.7. The Morgan fingerprint density at radius 2 is 2.24 bits per heavy atom. The standard InChI is InChI=1S/C13H15BrFNO4S/c1-8(20-12-3-2-9(14)6-11(12)15)13(17)16-10-4-5-21(18,19)7-10/h2-3,6,8,10H,4-5,7H2,1H3,(H,16,17)/t8-,10+/m1/s1. The maximum atomic E-state index is 13.6. The van der Waals surface area contributed by atoms with E-state index in [-0.39, 0.29) is 17.3 Å². The van der Waals surface area contributed by atoms with Gasteiger partial charge < -0.3 is 10.1 Å². The zero-order chi connectivity index (χ0) is 15.6. The van der Waals surface area contributed by atoms with Crippen LogP contribution in [-0.2, 0) is 14.6 Å². The van der Waals surface area contributed by atoms with Crippen molar-refractivity contribution in [3.63, 3.8) is 0 Å². The van der Waals surface area contributed by atoms with Crippen LogP contribution in [0.5, 0.6) is 5.75 Å². The second kappa shape index (κ2) is 6.31. The molecule has 1 heterocycles. The van der Waals surface area contributed by atoms with Crippen molar-refractivity contribution in [3.05, 3.63) is 28.5 Å². The molecule has 1 N–H and O–H groups in total. The fourth-order valence-corrected chi connectivity index (χ4v) is 4.05. The highest BCUT2D eigenvalue weighted by Gasteiger charge is 2.30. The van der Waals surface area contributed by atoms with E-state index in [4.69, 9.17) is 4.74 Å². The van der Waals surface area contributed by atoms with Crippen molar-refractivity contribution in [1.29, 1.82) is 0 Å². The summed E-state index contributed by atoms with van der Waals surface area (Å²) in [5.41, 5.74) is 0. The van der Waals surface area contributed by atoms with E-state index in [1.807, 2.05) is 0 Å². The summed E-state index contributed by atoms with van der Waals surface area (Å²) in [5.74, 6) is -1.04. The Hall–Kier alpha value is -1.15. The van der Waals surface area contributed by atoms with Crippen molar-refractivity contribution in [2.45, 2.75) is 25.5 Å². The minimum atomic E-state index is -3.06. The average molecular weight is 380 g/mol. The average Bonchev–Trinajstić information content (AvgIpc) is 2.72. The van der Waals surface area contributed by atoms with Crippen molar-refractivity contribution < 1.29 is 22.3 Å². The number of halogens is 2. The predicted octanol–water partition coefficient (Wildman–Crippen LogP) is 1.66. The molecule has 0 saturated carbocycles. The molecule has 0 unspecified atom stereocenters. The minimum Gasteiger partial charge on any atom is -0.478 e. The third-order valence-electron chi connectivity index (χ3n) is 3.15. The van der Waals surface area contributed by atoms with E-state index in [9.17, 15) is 17.6 Å². The van der Waals surface area contributed by atoms with Crippen LogP contribution >= 0.6 is 15.9 Å². The number of nitrogens with one attached hydrogen (secondary N) is 1. The number of ether oxygens (including phenoxy) is 1. The number of sulfone groups is 1. The zero-order valence-electron chi connectivity index (χ0n) is 11.3. The first-order valence-corrected chi connectivity index (χ1v) is 9.01. The highest BCUT2D eigenvalue weighted by Crippen LogP contribution is 2.22. The Kier molecular flexibility index (Phi) is 4.88. The van der Waals surface area contributed by atoms with Crippen LogP contribution in [0.25, 0.3) is 0 Å². The lowest BCUT2D eigenvalue weighted by Crippen LogP contribution is -2.43. The second-order valence-corrected chi connectivity index (χ2v) is 8.09. The normalized spacial score (nSPS) is 21.8. The first-order chi connectivity index (χ1) is 9.77. The molecule has 1 aromatic rings. The molecule has 1 aliphatic rings. The maximum Gasteiger partial charge on any atom is 0.261 e.